The Balaban J connectivity index is 2.10. The zero-order chi connectivity index (χ0) is 18.9. The molecule has 1 atom stereocenters. The molecule has 0 spiro atoms. The van der Waals surface area contributed by atoms with Crippen LogP contribution in [-0.2, 0) is 15.0 Å². The molecule has 0 radical (unpaired) electrons. The number of carbonyl (C=O) groups excluding carboxylic acids is 4. The summed E-state index contributed by atoms with van der Waals surface area (Å²) in [6.07, 6.45) is 0.0916. The lowest BCUT2D eigenvalue weighted by Gasteiger charge is -2.38. The number of nitrogens with one attached hydrogen (secondary N) is 1. The lowest BCUT2D eigenvalue weighted by molar-refractivity contribution is -0.143. The topological polar surface area (TPSA) is 83.6 Å². The Morgan fingerprint density at radius 3 is 2.38 bits per heavy atom. The van der Waals surface area contributed by atoms with Crippen LogP contribution in [-0.4, -0.2) is 28.7 Å². The number of carbonyl (C=O) groups is 4. The third kappa shape index (κ3) is 2.68. The Morgan fingerprint density at radius 2 is 1.77 bits per heavy atom. The summed E-state index contributed by atoms with van der Waals surface area (Å²) in [6.45, 7) is 1.66. The van der Waals surface area contributed by atoms with Crippen LogP contribution in [0.1, 0.15) is 29.3 Å². The van der Waals surface area contributed by atoms with Crippen LogP contribution >= 0.6 is 11.6 Å². The van der Waals surface area contributed by atoms with Crippen LogP contribution in [0.25, 0.3) is 0 Å². The predicted octanol–water partition coefficient (Wildman–Crippen LogP) is 2.91. The van der Waals surface area contributed by atoms with E-state index >= 15 is 0 Å². The Labute approximate surface area is 154 Å². The van der Waals surface area contributed by atoms with E-state index in [4.69, 9.17) is 11.6 Å². The average Bonchev–Trinajstić information content (AvgIpc) is 2.63. The summed E-state index contributed by atoms with van der Waals surface area (Å²) in [5.41, 5.74) is -1.15. The normalized spacial score (nSPS) is 20.1. The lowest BCUT2D eigenvalue weighted by Crippen LogP contribution is -2.67. The molecule has 0 aromatic heterocycles. The summed E-state index contributed by atoms with van der Waals surface area (Å²) >= 11 is 5.89. The van der Waals surface area contributed by atoms with Gasteiger partial charge in [-0.25, -0.2) is 4.79 Å². The number of hydrogen-bond acceptors (Lipinski definition) is 4. The first-order chi connectivity index (χ1) is 12.4. The van der Waals surface area contributed by atoms with E-state index in [2.05, 4.69) is 5.32 Å². The summed E-state index contributed by atoms with van der Waals surface area (Å²) in [4.78, 5) is 51.3. The van der Waals surface area contributed by atoms with Gasteiger partial charge in [0.2, 0.25) is 5.91 Å². The van der Waals surface area contributed by atoms with Crippen molar-refractivity contribution in [1.29, 1.82) is 0 Å². The van der Waals surface area contributed by atoms with E-state index in [1.165, 1.54) is 18.2 Å². The van der Waals surface area contributed by atoms with Crippen LogP contribution in [0.4, 0.5) is 4.79 Å². The van der Waals surface area contributed by atoms with Gasteiger partial charge in [-0.1, -0.05) is 54.9 Å². The van der Waals surface area contributed by atoms with E-state index in [1.807, 2.05) is 0 Å². The van der Waals surface area contributed by atoms with Gasteiger partial charge in [-0.2, -0.15) is 4.90 Å². The zero-order valence-corrected chi connectivity index (χ0v) is 14.6. The predicted molar refractivity (Wildman–Crippen MR) is 94.6 cm³/mol. The van der Waals surface area contributed by atoms with Gasteiger partial charge in [0, 0.05) is 10.6 Å². The number of barbiturate groups is 1. The lowest BCUT2D eigenvalue weighted by atomic mass is 9.74. The molecule has 1 aliphatic rings. The largest absolute Gasteiger partial charge is 0.338 e. The maximum atomic E-state index is 13.2. The van der Waals surface area contributed by atoms with E-state index < -0.39 is 29.2 Å². The van der Waals surface area contributed by atoms with Gasteiger partial charge in [-0.3, -0.25) is 19.7 Å². The van der Waals surface area contributed by atoms with Crippen molar-refractivity contribution in [3.63, 3.8) is 0 Å². The summed E-state index contributed by atoms with van der Waals surface area (Å²) in [7, 11) is 0. The van der Waals surface area contributed by atoms with E-state index in [1.54, 1.807) is 43.3 Å². The highest BCUT2D eigenvalue weighted by atomic mass is 35.5. The molecule has 5 amide bonds. The SMILES string of the molecule is CC[C@@]1(c2ccccc2)C(=O)NC(=O)N(C(=O)c2cccc(Cl)c2)C1=O. The number of rotatable bonds is 3. The minimum Gasteiger partial charge on any atom is -0.276 e. The van der Waals surface area contributed by atoms with Gasteiger partial charge < -0.3 is 0 Å². The maximum Gasteiger partial charge on any atom is 0.338 e. The van der Waals surface area contributed by atoms with Crippen LogP contribution in [0.3, 0.4) is 0 Å². The van der Waals surface area contributed by atoms with Gasteiger partial charge in [0.1, 0.15) is 0 Å². The van der Waals surface area contributed by atoms with Gasteiger partial charge in [-0.05, 0) is 30.2 Å². The minimum atomic E-state index is -1.65. The second-order valence-corrected chi connectivity index (χ2v) is 6.28. The van der Waals surface area contributed by atoms with E-state index in [0.717, 1.165) is 0 Å². The molecule has 0 aliphatic carbocycles. The average molecular weight is 371 g/mol. The van der Waals surface area contributed by atoms with E-state index in [0.29, 0.717) is 15.5 Å². The molecule has 1 N–H and O–H groups in total. The first-order valence-electron chi connectivity index (χ1n) is 7.97. The quantitative estimate of drug-likeness (QED) is 0.665. The molecule has 6 nitrogen and oxygen atoms in total. The molecular formula is C19H15ClN2O4. The summed E-state index contributed by atoms with van der Waals surface area (Å²) < 4.78 is 0. The van der Waals surface area contributed by atoms with Crippen molar-refractivity contribution in [2.24, 2.45) is 0 Å². The second kappa shape index (κ2) is 6.72. The Hall–Kier alpha value is -2.99. The van der Waals surface area contributed by atoms with Gasteiger partial charge in [0.15, 0.2) is 5.41 Å². The van der Waals surface area contributed by atoms with Gasteiger partial charge >= 0.3 is 6.03 Å². The smallest absolute Gasteiger partial charge is 0.276 e. The van der Waals surface area contributed by atoms with Crippen molar-refractivity contribution in [3.05, 3.63) is 70.7 Å². The number of halogens is 1. The van der Waals surface area contributed by atoms with Crippen LogP contribution in [0.2, 0.25) is 5.02 Å². The molecule has 1 aliphatic heterocycles. The highest BCUT2D eigenvalue weighted by molar-refractivity contribution is 6.32. The Bertz CT molecular complexity index is 913. The first-order valence-corrected chi connectivity index (χ1v) is 8.35. The molecule has 2 aromatic carbocycles. The fourth-order valence-electron chi connectivity index (χ4n) is 3.07. The third-order valence-electron chi connectivity index (χ3n) is 4.45. The summed E-state index contributed by atoms with van der Waals surface area (Å²) in [5, 5.41) is 2.43. The Kier molecular flexibility index (Phi) is 4.61. The summed E-state index contributed by atoms with van der Waals surface area (Å²) in [6, 6.07) is 13.2. The highest BCUT2D eigenvalue weighted by Gasteiger charge is 2.55. The van der Waals surface area contributed by atoms with Crippen molar-refractivity contribution >= 4 is 35.4 Å². The van der Waals surface area contributed by atoms with E-state index in [9.17, 15) is 19.2 Å². The molecule has 3 rings (SSSR count). The summed E-state index contributed by atoms with van der Waals surface area (Å²) in [5.74, 6) is -2.45. The molecule has 1 saturated heterocycles. The zero-order valence-electron chi connectivity index (χ0n) is 13.9. The van der Waals surface area contributed by atoms with Crippen molar-refractivity contribution in [1.82, 2.24) is 10.2 Å². The molecule has 0 bridgehead atoms. The van der Waals surface area contributed by atoms with Crippen LogP contribution in [0, 0.1) is 0 Å². The third-order valence-corrected chi connectivity index (χ3v) is 4.69. The van der Waals surface area contributed by atoms with Gasteiger partial charge in [-0.15, -0.1) is 0 Å². The molecule has 2 aromatic rings. The number of imide groups is 4. The molecule has 1 fully saturated rings. The molecule has 132 valence electrons. The number of hydrogen-bond donors (Lipinski definition) is 1. The van der Waals surface area contributed by atoms with Crippen LogP contribution in [0.5, 0.6) is 0 Å². The van der Waals surface area contributed by atoms with Crippen LogP contribution in [0.15, 0.2) is 54.6 Å². The standard InChI is InChI=1S/C19H15ClN2O4/c1-2-19(13-8-4-3-5-9-13)16(24)21-18(26)22(17(19)25)15(23)12-7-6-10-14(20)11-12/h3-11H,2H2,1H3,(H,21,24,26)/t19-/m1/s1. The highest BCUT2D eigenvalue weighted by Crippen LogP contribution is 2.34. The second-order valence-electron chi connectivity index (χ2n) is 5.84. The van der Waals surface area contributed by atoms with Crippen molar-refractivity contribution in [2.75, 3.05) is 0 Å². The first kappa shape index (κ1) is 17.8. The van der Waals surface area contributed by atoms with E-state index in [-0.39, 0.29) is 12.0 Å². The Morgan fingerprint density at radius 1 is 1.08 bits per heavy atom. The monoisotopic (exact) mass is 370 g/mol. The number of nitrogens with zero attached hydrogens (tertiary/aromatic N) is 1. The van der Waals surface area contributed by atoms with Crippen molar-refractivity contribution < 1.29 is 19.2 Å². The fourth-order valence-corrected chi connectivity index (χ4v) is 3.26. The van der Waals surface area contributed by atoms with Crippen LogP contribution < -0.4 is 5.32 Å². The number of urea groups is 1. The molecular weight excluding hydrogens is 356 g/mol. The number of amides is 5. The van der Waals surface area contributed by atoms with Crippen molar-refractivity contribution in [2.45, 2.75) is 18.8 Å². The molecule has 0 unspecified atom stereocenters. The molecule has 0 saturated carbocycles. The van der Waals surface area contributed by atoms with Crippen molar-refractivity contribution in [3.8, 4) is 0 Å². The maximum absolute atomic E-state index is 13.2. The molecule has 1 heterocycles. The fraction of sp³-hybridized carbons (Fsp3) is 0.158. The van der Waals surface area contributed by atoms with Gasteiger partial charge in [0.25, 0.3) is 11.8 Å². The minimum absolute atomic E-state index is 0.0772. The molecule has 26 heavy (non-hydrogen) atoms. The van der Waals surface area contributed by atoms with Gasteiger partial charge in [0.05, 0.1) is 0 Å². The molecule has 7 heteroatoms. The number of benzene rings is 2.